The van der Waals surface area contributed by atoms with Gasteiger partial charge in [0.05, 0.1) is 11.7 Å². The lowest BCUT2D eigenvalue weighted by Gasteiger charge is -2.41. The van der Waals surface area contributed by atoms with Crippen LogP contribution in [0.4, 0.5) is 0 Å². The van der Waals surface area contributed by atoms with Gasteiger partial charge in [-0.25, -0.2) is 0 Å². The minimum atomic E-state index is -1.52. The number of hydrogen-bond donors (Lipinski definition) is 0. The van der Waals surface area contributed by atoms with Crippen LogP contribution in [0.5, 0.6) is 0 Å². The topological polar surface area (TPSA) is 18.5 Å². The fourth-order valence-electron chi connectivity index (χ4n) is 1.46. The van der Waals surface area contributed by atoms with E-state index in [4.69, 9.17) is 44.3 Å². The van der Waals surface area contributed by atoms with Crippen molar-refractivity contribution in [3.05, 3.63) is 0 Å². The molecule has 0 aromatic carbocycles. The number of hydrogen-bond acceptors (Lipinski definition) is 2. The summed E-state index contributed by atoms with van der Waals surface area (Å²) >= 11 is 17.1. The van der Waals surface area contributed by atoms with E-state index in [1.807, 2.05) is 20.8 Å². The first-order valence-corrected chi connectivity index (χ1v) is 5.24. The van der Waals surface area contributed by atoms with Crippen LogP contribution < -0.4 is 0 Å². The summed E-state index contributed by atoms with van der Waals surface area (Å²) in [6.45, 7) is 5.85. The SMILES string of the molecule is C[C@H]1CC(C)(C)O[C@@H](C(Cl)(Cl)Cl)O1. The Kier molecular flexibility index (Phi) is 3.42. The second-order valence-electron chi connectivity index (χ2n) is 3.90. The van der Waals surface area contributed by atoms with Gasteiger partial charge >= 0.3 is 0 Å². The zero-order valence-corrected chi connectivity index (χ0v) is 10.1. The van der Waals surface area contributed by atoms with Crippen molar-refractivity contribution < 1.29 is 9.47 Å². The molecular formula is C8H13Cl3O2. The van der Waals surface area contributed by atoms with E-state index in [9.17, 15) is 0 Å². The molecule has 5 heteroatoms. The Balaban J connectivity index is 2.69. The second-order valence-corrected chi connectivity index (χ2v) is 6.27. The van der Waals surface area contributed by atoms with Crippen LogP contribution in [0.1, 0.15) is 27.2 Å². The van der Waals surface area contributed by atoms with Crippen molar-refractivity contribution in [3.8, 4) is 0 Å². The van der Waals surface area contributed by atoms with Crippen molar-refractivity contribution in [2.24, 2.45) is 0 Å². The van der Waals surface area contributed by atoms with Crippen LogP contribution in [0.15, 0.2) is 0 Å². The van der Waals surface area contributed by atoms with Crippen LogP contribution in [-0.2, 0) is 9.47 Å². The van der Waals surface area contributed by atoms with Gasteiger partial charge in [-0.2, -0.15) is 0 Å². The molecule has 1 heterocycles. The Morgan fingerprint density at radius 1 is 1.31 bits per heavy atom. The monoisotopic (exact) mass is 246 g/mol. The molecule has 1 aliphatic heterocycles. The largest absolute Gasteiger partial charge is 0.345 e. The van der Waals surface area contributed by atoms with Crippen LogP contribution in [-0.4, -0.2) is 21.8 Å². The number of rotatable bonds is 0. The van der Waals surface area contributed by atoms with Crippen molar-refractivity contribution in [2.75, 3.05) is 0 Å². The molecule has 0 aromatic heterocycles. The van der Waals surface area contributed by atoms with Gasteiger partial charge in [0, 0.05) is 6.42 Å². The summed E-state index contributed by atoms with van der Waals surface area (Å²) in [7, 11) is 0. The van der Waals surface area contributed by atoms with Crippen molar-refractivity contribution in [1.82, 2.24) is 0 Å². The summed E-state index contributed by atoms with van der Waals surface area (Å²) in [6.07, 6.45) is 0.0603. The fraction of sp³-hybridized carbons (Fsp3) is 1.00. The third-order valence-electron chi connectivity index (χ3n) is 1.83. The van der Waals surface area contributed by atoms with E-state index in [2.05, 4.69) is 0 Å². The predicted octanol–water partition coefficient (Wildman–Crippen LogP) is 3.29. The first-order valence-electron chi connectivity index (χ1n) is 4.11. The Hall–Kier alpha value is 0.790. The first kappa shape index (κ1) is 11.9. The molecule has 0 amide bonds. The third kappa shape index (κ3) is 3.45. The van der Waals surface area contributed by atoms with E-state index in [0.29, 0.717) is 0 Å². The lowest BCUT2D eigenvalue weighted by atomic mass is 10.0. The van der Waals surface area contributed by atoms with Crippen LogP contribution >= 0.6 is 34.8 Å². The van der Waals surface area contributed by atoms with Crippen molar-refractivity contribution >= 4 is 34.8 Å². The van der Waals surface area contributed by atoms with Gasteiger partial charge in [0.25, 0.3) is 0 Å². The molecule has 0 unspecified atom stereocenters. The zero-order valence-electron chi connectivity index (χ0n) is 7.81. The Morgan fingerprint density at radius 2 is 1.85 bits per heavy atom. The lowest BCUT2D eigenvalue weighted by Crippen LogP contribution is -2.48. The number of alkyl halides is 3. The molecule has 2 atom stereocenters. The maximum absolute atomic E-state index is 5.69. The van der Waals surface area contributed by atoms with Crippen LogP contribution in [0.25, 0.3) is 0 Å². The normalized spacial score (nSPS) is 34.6. The molecular weight excluding hydrogens is 234 g/mol. The van der Waals surface area contributed by atoms with E-state index < -0.39 is 10.1 Å². The predicted molar refractivity (Wildman–Crippen MR) is 54.4 cm³/mol. The van der Waals surface area contributed by atoms with Gasteiger partial charge in [0.1, 0.15) is 0 Å². The second kappa shape index (κ2) is 3.74. The van der Waals surface area contributed by atoms with E-state index in [-0.39, 0.29) is 11.7 Å². The molecule has 13 heavy (non-hydrogen) atoms. The Bertz CT molecular complexity index is 188. The minimum Gasteiger partial charge on any atom is -0.345 e. The highest BCUT2D eigenvalue weighted by Crippen LogP contribution is 2.39. The van der Waals surface area contributed by atoms with Gasteiger partial charge in [-0.3, -0.25) is 0 Å². The molecule has 1 rings (SSSR count). The van der Waals surface area contributed by atoms with Gasteiger partial charge < -0.3 is 9.47 Å². The molecule has 0 bridgehead atoms. The molecule has 1 aliphatic rings. The highest BCUT2D eigenvalue weighted by atomic mass is 35.6. The molecule has 1 fully saturated rings. The van der Waals surface area contributed by atoms with Gasteiger partial charge in [-0.1, -0.05) is 34.8 Å². The summed E-state index contributed by atoms with van der Waals surface area (Å²) in [6, 6.07) is 0. The molecule has 0 saturated carbocycles. The first-order chi connectivity index (χ1) is 5.71. The smallest absolute Gasteiger partial charge is 0.240 e. The maximum Gasteiger partial charge on any atom is 0.240 e. The number of ether oxygens (including phenoxy) is 2. The van der Waals surface area contributed by atoms with Crippen LogP contribution in [0.2, 0.25) is 0 Å². The standard InChI is InChI=1S/C8H13Cl3O2/c1-5-4-7(2,3)13-6(12-5)8(9,10)11/h5-6H,4H2,1-3H3/t5-,6-/m0/s1. The van der Waals surface area contributed by atoms with Crippen LogP contribution in [0, 0.1) is 0 Å². The molecule has 2 nitrogen and oxygen atoms in total. The van der Waals surface area contributed by atoms with Gasteiger partial charge in [0.15, 0.2) is 0 Å². The summed E-state index contributed by atoms with van der Waals surface area (Å²) in [5, 5.41) is 0. The molecule has 0 spiro atoms. The summed E-state index contributed by atoms with van der Waals surface area (Å²) in [5.74, 6) is 0. The summed E-state index contributed by atoms with van der Waals surface area (Å²) < 4.78 is 9.34. The lowest BCUT2D eigenvalue weighted by molar-refractivity contribution is -0.266. The number of halogens is 3. The summed E-state index contributed by atoms with van der Waals surface area (Å²) in [5.41, 5.74) is -0.299. The van der Waals surface area contributed by atoms with Gasteiger partial charge in [-0.15, -0.1) is 0 Å². The van der Waals surface area contributed by atoms with E-state index in [1.165, 1.54) is 0 Å². The summed E-state index contributed by atoms with van der Waals surface area (Å²) in [4.78, 5) is 0. The highest BCUT2D eigenvalue weighted by Gasteiger charge is 2.43. The molecule has 0 aromatic rings. The minimum absolute atomic E-state index is 0.0457. The molecule has 78 valence electrons. The average Bonchev–Trinajstić information content (AvgIpc) is 1.79. The van der Waals surface area contributed by atoms with E-state index >= 15 is 0 Å². The highest BCUT2D eigenvalue weighted by molar-refractivity contribution is 6.67. The van der Waals surface area contributed by atoms with Gasteiger partial charge in [0.2, 0.25) is 10.1 Å². The molecule has 0 aliphatic carbocycles. The quantitative estimate of drug-likeness (QED) is 0.612. The Morgan fingerprint density at radius 3 is 2.23 bits per heavy atom. The van der Waals surface area contributed by atoms with Crippen molar-refractivity contribution in [2.45, 2.75) is 49.0 Å². The molecule has 0 N–H and O–H groups in total. The van der Waals surface area contributed by atoms with E-state index in [1.54, 1.807) is 0 Å². The van der Waals surface area contributed by atoms with Crippen molar-refractivity contribution in [1.29, 1.82) is 0 Å². The van der Waals surface area contributed by atoms with Gasteiger partial charge in [-0.05, 0) is 20.8 Å². The molecule has 1 saturated heterocycles. The third-order valence-corrected chi connectivity index (χ3v) is 2.36. The zero-order chi connectivity index (χ0) is 10.3. The average molecular weight is 248 g/mol. The van der Waals surface area contributed by atoms with Crippen molar-refractivity contribution in [3.63, 3.8) is 0 Å². The van der Waals surface area contributed by atoms with E-state index in [0.717, 1.165) is 6.42 Å². The molecule has 0 radical (unpaired) electrons. The fourth-order valence-corrected chi connectivity index (χ4v) is 1.75. The van der Waals surface area contributed by atoms with Crippen LogP contribution in [0.3, 0.4) is 0 Å². The Labute approximate surface area is 93.4 Å². The maximum atomic E-state index is 5.69.